The van der Waals surface area contributed by atoms with Crippen molar-refractivity contribution in [2.75, 3.05) is 13.6 Å². The highest BCUT2D eigenvalue weighted by Gasteiger charge is 2.33. The highest BCUT2D eigenvalue weighted by molar-refractivity contribution is 6.01. The summed E-state index contributed by atoms with van der Waals surface area (Å²) < 4.78 is 0. The van der Waals surface area contributed by atoms with E-state index < -0.39 is 0 Å². The van der Waals surface area contributed by atoms with Crippen LogP contribution in [0.4, 0.5) is 0 Å². The second-order valence-corrected chi connectivity index (χ2v) is 9.06. The smallest absolute Gasteiger partial charge is 0.258 e. The molecule has 0 saturated heterocycles. The number of hydrogen-bond donors (Lipinski definition) is 5. The molecule has 0 aliphatic heterocycles. The molecule has 2 rings (SSSR count). The lowest BCUT2D eigenvalue weighted by molar-refractivity contribution is 0.0809. The fourth-order valence-corrected chi connectivity index (χ4v) is 4.57. The van der Waals surface area contributed by atoms with Gasteiger partial charge < -0.3 is 26.4 Å². The van der Waals surface area contributed by atoms with Gasteiger partial charge in [0.1, 0.15) is 11.5 Å². The minimum atomic E-state index is -0.389. The van der Waals surface area contributed by atoms with Crippen LogP contribution >= 0.6 is 0 Å². The number of likely N-dealkylation sites (N-methyl/N-ethyl adjacent to an activating group) is 1. The lowest BCUT2D eigenvalue weighted by Gasteiger charge is -2.32. The average Bonchev–Trinajstić information content (AvgIpc) is 2.76. The van der Waals surface area contributed by atoms with Crippen LogP contribution in [0.15, 0.2) is 35.0 Å². The molecule has 182 valence electrons. The molecule has 7 N–H and O–H groups in total. The van der Waals surface area contributed by atoms with Gasteiger partial charge in [0.05, 0.1) is 12.1 Å². The highest BCUT2D eigenvalue weighted by atomic mass is 16.3. The van der Waals surface area contributed by atoms with Crippen molar-refractivity contribution in [2.24, 2.45) is 22.7 Å². The summed E-state index contributed by atoms with van der Waals surface area (Å²) in [6, 6.07) is 1.64. The first kappa shape index (κ1) is 26.3. The third kappa shape index (κ3) is 6.07. The molecule has 1 amide bonds. The molecule has 0 radical (unpaired) electrons. The number of hydrazine groups is 1. The van der Waals surface area contributed by atoms with Crippen LogP contribution in [0.3, 0.4) is 0 Å². The number of aromatic hydroxyl groups is 2. The fraction of sp³-hybridized carbons (Fsp3) is 0.520. The molecule has 0 spiro atoms. The number of amidine groups is 1. The van der Waals surface area contributed by atoms with Crippen LogP contribution in [0.2, 0.25) is 0 Å². The number of nitrogens with one attached hydrogen (secondary N) is 1. The van der Waals surface area contributed by atoms with Crippen LogP contribution in [-0.2, 0) is 6.42 Å². The number of benzene rings is 1. The number of unbranched alkanes of at least 4 members (excludes halogenated alkanes) is 2. The molecular weight excluding hydrogens is 418 g/mol. The quantitative estimate of drug-likeness (QED) is 0.0958. The number of carbonyl (C=O) groups is 1. The second-order valence-electron chi connectivity index (χ2n) is 9.06. The van der Waals surface area contributed by atoms with Gasteiger partial charge in [0.15, 0.2) is 5.84 Å². The minimum absolute atomic E-state index is 0.00763. The van der Waals surface area contributed by atoms with Crippen LogP contribution in [0.5, 0.6) is 11.5 Å². The lowest BCUT2D eigenvalue weighted by Crippen LogP contribution is -2.42. The monoisotopic (exact) mass is 457 g/mol. The Kier molecular flexibility index (Phi) is 9.34. The van der Waals surface area contributed by atoms with Crippen molar-refractivity contribution in [2.45, 2.75) is 65.2 Å². The highest BCUT2D eigenvalue weighted by Crippen LogP contribution is 2.48. The fourth-order valence-electron chi connectivity index (χ4n) is 4.57. The van der Waals surface area contributed by atoms with Crippen molar-refractivity contribution in [1.82, 2.24) is 10.3 Å². The van der Waals surface area contributed by atoms with Gasteiger partial charge in [-0.15, -0.1) is 0 Å². The van der Waals surface area contributed by atoms with Crippen LogP contribution < -0.4 is 17.1 Å². The Bertz CT molecular complexity index is 938. The molecule has 0 aromatic heterocycles. The Morgan fingerprint density at radius 3 is 2.64 bits per heavy atom. The topological polar surface area (TPSA) is 137 Å². The van der Waals surface area contributed by atoms with E-state index in [0.29, 0.717) is 17.5 Å². The number of allylic oxidation sites excluding steroid dienone is 3. The van der Waals surface area contributed by atoms with Gasteiger partial charge in [0, 0.05) is 18.5 Å². The van der Waals surface area contributed by atoms with Crippen molar-refractivity contribution in [3.63, 3.8) is 0 Å². The molecule has 1 aromatic rings. The van der Waals surface area contributed by atoms with E-state index in [1.54, 1.807) is 13.1 Å². The van der Waals surface area contributed by atoms with Gasteiger partial charge >= 0.3 is 0 Å². The molecule has 33 heavy (non-hydrogen) atoms. The number of aryl methyl sites for hydroxylation is 1. The Morgan fingerprint density at radius 1 is 1.36 bits per heavy atom. The van der Waals surface area contributed by atoms with Gasteiger partial charge in [-0.1, -0.05) is 43.6 Å². The Labute approximate surface area is 197 Å². The van der Waals surface area contributed by atoms with Crippen LogP contribution in [-0.4, -0.2) is 40.4 Å². The van der Waals surface area contributed by atoms with E-state index in [4.69, 9.17) is 11.7 Å². The molecule has 1 aromatic carbocycles. The van der Waals surface area contributed by atoms with Crippen molar-refractivity contribution in [1.29, 1.82) is 0 Å². The van der Waals surface area contributed by atoms with Crippen LogP contribution in [0, 0.1) is 5.92 Å². The molecule has 8 nitrogen and oxygen atoms in total. The Balaban J connectivity index is 2.63. The summed E-state index contributed by atoms with van der Waals surface area (Å²) in [6.07, 6.45) is 7.30. The predicted molar refractivity (Wildman–Crippen MR) is 133 cm³/mol. The maximum atomic E-state index is 13.5. The van der Waals surface area contributed by atoms with E-state index in [1.807, 2.05) is 13.8 Å². The summed E-state index contributed by atoms with van der Waals surface area (Å²) in [6.45, 7) is 10.3. The molecular formula is C25H39N5O3. The average molecular weight is 458 g/mol. The molecule has 1 aliphatic carbocycles. The van der Waals surface area contributed by atoms with E-state index in [-0.39, 0.29) is 47.2 Å². The van der Waals surface area contributed by atoms with Crippen molar-refractivity contribution < 1.29 is 15.0 Å². The SMILES string of the molecule is C=C(C)C1CCC(C)=CC1c1c(O)cc(CCCCC)c(C(=O)N(C)C/C(=N/N)NN)c1O. The third-order valence-electron chi connectivity index (χ3n) is 6.43. The van der Waals surface area contributed by atoms with Gasteiger partial charge in [-0.05, 0) is 57.1 Å². The molecule has 2 unspecified atom stereocenters. The summed E-state index contributed by atoms with van der Waals surface area (Å²) in [7, 11) is 1.59. The summed E-state index contributed by atoms with van der Waals surface area (Å²) in [4.78, 5) is 14.9. The number of amides is 1. The summed E-state index contributed by atoms with van der Waals surface area (Å²) >= 11 is 0. The predicted octanol–water partition coefficient (Wildman–Crippen LogP) is 3.65. The summed E-state index contributed by atoms with van der Waals surface area (Å²) in [5, 5.41) is 26.0. The summed E-state index contributed by atoms with van der Waals surface area (Å²) in [5.41, 5.74) is 5.73. The molecule has 8 heteroatoms. The van der Waals surface area contributed by atoms with Gasteiger partial charge in [-0.25, -0.2) is 5.84 Å². The number of carbonyl (C=O) groups excluding carboxylic acids is 1. The molecule has 0 saturated carbocycles. The second kappa shape index (κ2) is 11.7. The number of rotatable bonds is 9. The van der Waals surface area contributed by atoms with Crippen molar-refractivity contribution in [3.8, 4) is 11.5 Å². The molecule has 0 heterocycles. The maximum absolute atomic E-state index is 13.5. The van der Waals surface area contributed by atoms with Gasteiger partial charge in [0.25, 0.3) is 5.91 Å². The lowest BCUT2D eigenvalue weighted by atomic mass is 9.73. The van der Waals surface area contributed by atoms with Gasteiger partial charge in [-0.3, -0.25) is 4.79 Å². The standard InChI is InChI=1S/C25H39N5O3/c1-6-7-8-9-17-13-20(31)23(19-12-16(4)10-11-18(19)15(2)3)24(32)22(17)25(33)30(5)14-21(28-26)29-27/h12-13,18-19,31-32H,2,6-11,14,26-27H2,1,3-5H3,(H,28,29). The molecule has 2 atom stereocenters. The molecule has 0 fully saturated rings. The molecule has 0 bridgehead atoms. The van der Waals surface area contributed by atoms with Crippen LogP contribution in [0.25, 0.3) is 0 Å². The van der Waals surface area contributed by atoms with E-state index in [9.17, 15) is 15.0 Å². The van der Waals surface area contributed by atoms with E-state index in [1.165, 1.54) is 10.5 Å². The third-order valence-corrected chi connectivity index (χ3v) is 6.43. The zero-order valence-electron chi connectivity index (χ0n) is 20.3. The number of nitrogens with zero attached hydrogens (tertiary/aromatic N) is 2. The Hall–Kier alpha value is -3.00. The number of phenols is 2. The van der Waals surface area contributed by atoms with Crippen LogP contribution in [0.1, 0.15) is 80.3 Å². The summed E-state index contributed by atoms with van der Waals surface area (Å²) in [5.74, 6) is 10.2. The Morgan fingerprint density at radius 2 is 2.06 bits per heavy atom. The van der Waals surface area contributed by atoms with Crippen molar-refractivity contribution in [3.05, 3.63) is 46.6 Å². The van der Waals surface area contributed by atoms with E-state index in [2.05, 4.69) is 30.1 Å². The number of hydrazone groups is 1. The number of nitrogens with two attached hydrogens (primary N) is 2. The first-order chi connectivity index (χ1) is 15.7. The number of hydrogen-bond acceptors (Lipinski definition) is 6. The zero-order chi connectivity index (χ0) is 24.7. The van der Waals surface area contributed by atoms with Gasteiger partial charge in [-0.2, -0.15) is 5.10 Å². The minimum Gasteiger partial charge on any atom is -0.507 e. The van der Waals surface area contributed by atoms with Gasteiger partial charge in [0.2, 0.25) is 0 Å². The largest absolute Gasteiger partial charge is 0.507 e. The van der Waals surface area contributed by atoms with E-state index in [0.717, 1.165) is 37.7 Å². The number of phenolic OH excluding ortho intramolecular Hbond substituents is 2. The first-order valence-corrected chi connectivity index (χ1v) is 11.5. The van der Waals surface area contributed by atoms with E-state index >= 15 is 0 Å². The normalized spacial score (nSPS) is 18.6. The first-order valence-electron chi connectivity index (χ1n) is 11.5. The zero-order valence-corrected chi connectivity index (χ0v) is 20.3. The molecule has 1 aliphatic rings. The van der Waals surface area contributed by atoms with Crippen molar-refractivity contribution >= 4 is 11.7 Å². The maximum Gasteiger partial charge on any atom is 0.258 e.